The second-order valence-electron chi connectivity index (χ2n) is 8.99. The first-order valence-corrected chi connectivity index (χ1v) is 15.2. The van der Waals surface area contributed by atoms with Crippen LogP contribution in [0.15, 0.2) is 36.4 Å². The van der Waals surface area contributed by atoms with Crippen molar-refractivity contribution < 1.29 is 48.3 Å². The zero-order valence-electron chi connectivity index (χ0n) is 22.4. The van der Waals surface area contributed by atoms with Crippen molar-refractivity contribution in [3.05, 3.63) is 45.7 Å². The van der Waals surface area contributed by atoms with Crippen molar-refractivity contribution in [3.63, 3.8) is 0 Å². The smallest absolute Gasteiger partial charge is 0.0777 e. The van der Waals surface area contributed by atoms with E-state index in [0.717, 1.165) is 19.7 Å². The fourth-order valence-corrected chi connectivity index (χ4v) is 7.25. The first-order chi connectivity index (χ1) is 19.7. The van der Waals surface area contributed by atoms with E-state index in [2.05, 4.69) is 0 Å². The molecule has 216 valence electrons. The summed E-state index contributed by atoms with van der Waals surface area (Å²) in [4.78, 5) is 46.8. The van der Waals surface area contributed by atoms with Gasteiger partial charge >= 0.3 is 178 Å². The summed E-state index contributed by atoms with van der Waals surface area (Å²) in [6.07, 6.45) is 0.0692. The molecule has 0 spiro atoms. The van der Waals surface area contributed by atoms with Crippen LogP contribution in [0.25, 0.3) is 19.7 Å². The molecule has 12 heteroatoms. The molecule has 0 aliphatic carbocycles. The van der Waals surface area contributed by atoms with E-state index in [1.54, 1.807) is 31.4 Å². The van der Waals surface area contributed by atoms with Gasteiger partial charge in [0.05, 0.1) is 18.4 Å². The predicted molar refractivity (Wildman–Crippen MR) is 154 cm³/mol. The number of ether oxygens (including phenoxy) is 4. The molecule has 0 saturated carbocycles. The summed E-state index contributed by atoms with van der Waals surface area (Å²) in [7, 11) is 3.08. The summed E-state index contributed by atoms with van der Waals surface area (Å²) in [5, 5.41) is 19.4. The Balaban J connectivity index is 1.36. The van der Waals surface area contributed by atoms with E-state index in [0.29, 0.717) is 51.9 Å². The molecule has 0 amide bonds. The minimum atomic E-state index is -1.01. The molecule has 10 nitrogen and oxygen atoms in total. The number of carbonyl (C=O) groups is 4. The zero-order chi connectivity index (χ0) is 29.5. The van der Waals surface area contributed by atoms with Crippen LogP contribution in [0.2, 0.25) is 0 Å². The maximum absolute atomic E-state index is 12.4. The van der Waals surface area contributed by atoms with E-state index in [1.165, 1.54) is 18.4 Å². The fourth-order valence-electron chi connectivity index (χ4n) is 4.02. The molecule has 4 aromatic rings. The Hall–Kier alpha value is -3.86. The molecule has 0 bridgehead atoms. The summed E-state index contributed by atoms with van der Waals surface area (Å²) in [6.45, 7) is 0.663. The van der Waals surface area contributed by atoms with Gasteiger partial charge in [-0.3, -0.25) is 9.59 Å². The van der Waals surface area contributed by atoms with Crippen LogP contribution >= 0.6 is 11.3 Å². The standard InChI is InChI=1S/C29H28O10SSe/c1-36-20-10-16-12-25(18(30)4-6-28(32)33)40-24(16)14-23(20)39-9-3-8-38-22-11-17-13-27(19(31)5-7-29(34)35)41-26(17)15-21(22)37-2/h10-15H,3-9H2,1-2H3,(H,32,33)(H,34,35). The van der Waals surface area contributed by atoms with Crippen molar-refractivity contribution in [1.82, 2.24) is 0 Å². The Bertz CT molecular complexity index is 1480. The van der Waals surface area contributed by atoms with Crippen molar-refractivity contribution in [1.29, 1.82) is 0 Å². The number of benzene rings is 2. The predicted octanol–water partition coefficient (Wildman–Crippen LogP) is 5.07. The third kappa shape index (κ3) is 7.66. The van der Waals surface area contributed by atoms with Crippen LogP contribution < -0.4 is 18.9 Å². The molecule has 0 unspecified atom stereocenters. The molecule has 0 fully saturated rings. The van der Waals surface area contributed by atoms with Crippen LogP contribution in [0.1, 0.15) is 51.0 Å². The quantitative estimate of drug-likeness (QED) is 0.0960. The van der Waals surface area contributed by atoms with E-state index in [-0.39, 0.29) is 51.8 Å². The van der Waals surface area contributed by atoms with Gasteiger partial charge in [-0.2, -0.15) is 0 Å². The van der Waals surface area contributed by atoms with Gasteiger partial charge in [0.15, 0.2) is 5.78 Å². The van der Waals surface area contributed by atoms with Gasteiger partial charge in [-0.1, -0.05) is 0 Å². The molecule has 2 N–H and O–H groups in total. The van der Waals surface area contributed by atoms with Crippen molar-refractivity contribution in [2.24, 2.45) is 0 Å². The van der Waals surface area contributed by atoms with Gasteiger partial charge in [-0.15, -0.1) is 11.3 Å². The van der Waals surface area contributed by atoms with Gasteiger partial charge in [0, 0.05) is 6.42 Å². The third-order valence-electron chi connectivity index (χ3n) is 6.09. The molecular weight excluding hydrogens is 619 g/mol. The topological polar surface area (TPSA) is 146 Å². The summed E-state index contributed by atoms with van der Waals surface area (Å²) in [5.41, 5.74) is 0. The van der Waals surface area contributed by atoms with E-state index >= 15 is 0 Å². The minimum Gasteiger partial charge on any atom is 0.0777 e. The Morgan fingerprint density at radius 2 is 1.29 bits per heavy atom. The number of fused-ring (bicyclic) bond motifs is 2. The van der Waals surface area contributed by atoms with Crippen LogP contribution in [-0.2, 0) is 9.59 Å². The van der Waals surface area contributed by atoms with Crippen molar-refractivity contribution >= 4 is 69.1 Å². The molecule has 4 rings (SSSR count). The monoisotopic (exact) mass is 648 g/mol. The van der Waals surface area contributed by atoms with Gasteiger partial charge in [0.25, 0.3) is 0 Å². The number of carboxylic acids is 2. The molecule has 0 aliphatic heterocycles. The summed E-state index contributed by atoms with van der Waals surface area (Å²) in [5.74, 6) is -0.246. The second-order valence-corrected chi connectivity index (χ2v) is 12.3. The maximum atomic E-state index is 12.4. The zero-order valence-corrected chi connectivity index (χ0v) is 24.9. The molecule has 2 aromatic carbocycles. The molecule has 2 heterocycles. The first-order valence-electron chi connectivity index (χ1n) is 12.7. The molecular formula is C29H28O10SSe. The van der Waals surface area contributed by atoms with Crippen molar-refractivity contribution in [3.8, 4) is 23.0 Å². The number of hydrogen-bond acceptors (Lipinski definition) is 9. The summed E-state index contributed by atoms with van der Waals surface area (Å²) >= 11 is 1.06. The Labute approximate surface area is 245 Å². The second kappa shape index (κ2) is 13.7. The number of ketones is 2. The van der Waals surface area contributed by atoms with Crippen LogP contribution in [0.5, 0.6) is 23.0 Å². The number of methoxy groups -OCH3 is 2. The van der Waals surface area contributed by atoms with Crippen molar-refractivity contribution in [2.75, 3.05) is 27.4 Å². The molecule has 41 heavy (non-hydrogen) atoms. The SMILES string of the molecule is COc1cc2[se]c(C(=O)CCC(=O)O)cc2cc1OCCCOc1cc2sc(C(=O)CCC(=O)O)cc2cc1OC. The van der Waals surface area contributed by atoms with E-state index < -0.39 is 11.9 Å². The third-order valence-corrected chi connectivity index (χ3v) is 9.62. The normalized spacial score (nSPS) is 11.0. The molecule has 0 atom stereocenters. The molecule has 0 aliphatic rings. The number of aliphatic carboxylic acids is 2. The number of Topliss-reactive ketones (excluding diaryl/α,β-unsaturated/α-hetero) is 2. The molecule has 0 radical (unpaired) electrons. The van der Waals surface area contributed by atoms with Gasteiger partial charge in [-0.05, 0) is 11.5 Å². The van der Waals surface area contributed by atoms with Crippen LogP contribution in [0.4, 0.5) is 0 Å². The van der Waals surface area contributed by atoms with E-state index in [9.17, 15) is 19.2 Å². The first kappa shape index (κ1) is 30.1. The van der Waals surface area contributed by atoms with Gasteiger partial charge in [-0.25, -0.2) is 0 Å². The summed E-state index contributed by atoms with van der Waals surface area (Å²) in [6, 6.07) is 10.8. The number of hydrogen-bond donors (Lipinski definition) is 2. The van der Waals surface area contributed by atoms with E-state index in [4.69, 9.17) is 29.2 Å². The number of rotatable bonds is 16. The van der Waals surface area contributed by atoms with Crippen molar-refractivity contribution in [2.45, 2.75) is 32.1 Å². The number of carbonyl (C=O) groups excluding carboxylic acids is 2. The Morgan fingerprint density at radius 1 is 0.707 bits per heavy atom. The summed E-state index contributed by atoms with van der Waals surface area (Å²) < 4.78 is 25.3. The molecule has 2 aromatic heterocycles. The van der Waals surface area contributed by atoms with Gasteiger partial charge < -0.3 is 5.11 Å². The van der Waals surface area contributed by atoms with Gasteiger partial charge in [0.1, 0.15) is 0 Å². The number of thiophene rings is 1. The Kier molecular flexibility index (Phi) is 10.0. The average molecular weight is 648 g/mol. The van der Waals surface area contributed by atoms with Crippen LogP contribution in [0, 0.1) is 0 Å². The number of carboxylic acid groups (broad SMARTS) is 2. The average Bonchev–Trinajstić information content (AvgIpc) is 3.56. The Morgan fingerprint density at radius 3 is 1.93 bits per heavy atom. The van der Waals surface area contributed by atoms with Crippen LogP contribution in [0.3, 0.4) is 0 Å². The fraction of sp³-hybridized carbons (Fsp3) is 0.310. The van der Waals surface area contributed by atoms with Gasteiger partial charge in [0.2, 0.25) is 0 Å². The minimum absolute atomic E-state index is 0.0202. The van der Waals surface area contributed by atoms with Crippen LogP contribution in [-0.4, -0.2) is 75.7 Å². The van der Waals surface area contributed by atoms with E-state index in [1.807, 2.05) is 12.1 Å². The molecule has 0 saturated heterocycles.